The van der Waals surface area contributed by atoms with E-state index in [-0.39, 0.29) is 24.4 Å². The first-order valence-corrected chi connectivity index (χ1v) is 8.14. The lowest BCUT2D eigenvalue weighted by atomic mass is 9.87. The van der Waals surface area contributed by atoms with Gasteiger partial charge >= 0.3 is 0 Å². The van der Waals surface area contributed by atoms with Crippen molar-refractivity contribution in [3.63, 3.8) is 0 Å². The van der Waals surface area contributed by atoms with Crippen molar-refractivity contribution in [3.05, 3.63) is 0 Å². The number of hydrogen-bond acceptors (Lipinski definition) is 2. The molecule has 0 bridgehead atoms. The zero-order valence-corrected chi connectivity index (χ0v) is 13.1. The highest BCUT2D eigenvalue weighted by atomic mass is 16.2. The van der Waals surface area contributed by atoms with Crippen molar-refractivity contribution in [1.82, 2.24) is 10.2 Å². The molecule has 0 aromatic carbocycles. The molecule has 2 unspecified atom stereocenters. The summed E-state index contributed by atoms with van der Waals surface area (Å²) in [4.78, 5) is 26.8. The van der Waals surface area contributed by atoms with Crippen LogP contribution in [0.3, 0.4) is 0 Å². The van der Waals surface area contributed by atoms with E-state index in [1.807, 2.05) is 18.7 Å². The Morgan fingerprint density at radius 2 is 1.85 bits per heavy atom. The molecule has 2 fully saturated rings. The quantitative estimate of drug-likeness (QED) is 0.807. The van der Waals surface area contributed by atoms with Gasteiger partial charge in [0.2, 0.25) is 11.8 Å². The van der Waals surface area contributed by atoms with E-state index in [0.717, 1.165) is 18.8 Å². The molecule has 1 saturated carbocycles. The number of hydrogen-bond donors (Lipinski definition) is 1. The van der Waals surface area contributed by atoms with Crippen LogP contribution in [0.1, 0.15) is 65.7 Å². The number of carbonyl (C=O) groups excluding carboxylic acids is 2. The van der Waals surface area contributed by atoms with Crippen LogP contribution in [0, 0.1) is 5.92 Å². The van der Waals surface area contributed by atoms with Crippen LogP contribution in [0.5, 0.6) is 0 Å². The molecule has 2 amide bonds. The molecule has 1 heterocycles. The summed E-state index contributed by atoms with van der Waals surface area (Å²) in [5.74, 6) is 0.892. The number of carbonyl (C=O) groups is 2. The van der Waals surface area contributed by atoms with Crippen molar-refractivity contribution >= 4 is 11.8 Å². The number of nitrogens with one attached hydrogen (secondary N) is 1. The fourth-order valence-corrected chi connectivity index (χ4v) is 3.66. The van der Waals surface area contributed by atoms with E-state index in [4.69, 9.17) is 0 Å². The fourth-order valence-electron chi connectivity index (χ4n) is 3.66. The number of nitrogens with zero attached hydrogens (tertiary/aromatic N) is 1. The van der Waals surface area contributed by atoms with Crippen LogP contribution in [-0.4, -0.2) is 34.8 Å². The summed E-state index contributed by atoms with van der Waals surface area (Å²) in [6, 6.07) is 0.260. The third kappa shape index (κ3) is 2.84. The first-order valence-electron chi connectivity index (χ1n) is 8.14. The van der Waals surface area contributed by atoms with Crippen LogP contribution >= 0.6 is 0 Å². The summed E-state index contributed by atoms with van der Waals surface area (Å²) in [6.07, 6.45) is 7.03. The molecule has 4 heteroatoms. The number of rotatable bonds is 3. The highest BCUT2D eigenvalue weighted by molar-refractivity contribution is 5.98. The van der Waals surface area contributed by atoms with Crippen molar-refractivity contribution in [2.75, 3.05) is 6.54 Å². The van der Waals surface area contributed by atoms with Crippen LogP contribution in [0.15, 0.2) is 0 Å². The minimum Gasteiger partial charge on any atom is -0.340 e. The number of amides is 2. The summed E-state index contributed by atoms with van der Waals surface area (Å²) in [5.41, 5.74) is -0.659. The minimum atomic E-state index is -0.659. The van der Waals surface area contributed by atoms with Gasteiger partial charge in [-0.3, -0.25) is 9.59 Å². The molecule has 0 aromatic heterocycles. The van der Waals surface area contributed by atoms with Gasteiger partial charge in [-0.15, -0.1) is 0 Å². The highest BCUT2D eigenvalue weighted by Crippen LogP contribution is 2.30. The van der Waals surface area contributed by atoms with Crippen LogP contribution in [0.4, 0.5) is 0 Å². The van der Waals surface area contributed by atoms with Crippen LogP contribution < -0.4 is 5.32 Å². The molecular formula is C16H28N2O2. The standard InChI is InChI=1S/C16H28N2O2/c1-4-16(5-2)15(20)18(11-14(19)17-16)13-8-6-7-12(3)9-10-13/h12-13H,4-11H2,1-3H3,(H,17,19). The second kappa shape index (κ2) is 6.15. The molecule has 0 radical (unpaired) electrons. The third-order valence-corrected chi connectivity index (χ3v) is 5.24. The Morgan fingerprint density at radius 3 is 2.50 bits per heavy atom. The van der Waals surface area contributed by atoms with Crippen LogP contribution in [-0.2, 0) is 9.59 Å². The van der Waals surface area contributed by atoms with Gasteiger partial charge < -0.3 is 10.2 Å². The molecule has 1 N–H and O–H groups in total. The molecule has 1 aliphatic heterocycles. The first-order chi connectivity index (χ1) is 9.52. The Morgan fingerprint density at radius 1 is 1.15 bits per heavy atom. The minimum absolute atomic E-state index is 0.00518. The van der Waals surface area contributed by atoms with Gasteiger partial charge in [-0.2, -0.15) is 0 Å². The molecule has 4 nitrogen and oxygen atoms in total. The monoisotopic (exact) mass is 280 g/mol. The predicted octanol–water partition coefficient (Wildman–Crippen LogP) is 2.47. The van der Waals surface area contributed by atoms with E-state index in [1.165, 1.54) is 19.3 Å². The van der Waals surface area contributed by atoms with Gasteiger partial charge in [-0.05, 0) is 38.0 Å². The predicted molar refractivity (Wildman–Crippen MR) is 79.2 cm³/mol. The fraction of sp³-hybridized carbons (Fsp3) is 0.875. The maximum Gasteiger partial charge on any atom is 0.249 e. The first kappa shape index (κ1) is 15.3. The topological polar surface area (TPSA) is 49.4 Å². The van der Waals surface area contributed by atoms with Gasteiger partial charge in [-0.25, -0.2) is 0 Å². The van der Waals surface area contributed by atoms with E-state index >= 15 is 0 Å². The second-order valence-corrected chi connectivity index (χ2v) is 6.54. The molecule has 1 saturated heterocycles. The Balaban J connectivity index is 2.17. The van der Waals surface area contributed by atoms with Gasteiger partial charge in [0.15, 0.2) is 0 Å². The van der Waals surface area contributed by atoms with E-state index in [9.17, 15) is 9.59 Å². The Labute approximate surface area is 122 Å². The van der Waals surface area contributed by atoms with Crippen molar-refractivity contribution < 1.29 is 9.59 Å². The Kier molecular flexibility index (Phi) is 4.71. The molecule has 0 aromatic rings. The van der Waals surface area contributed by atoms with E-state index in [1.54, 1.807) is 0 Å². The maximum atomic E-state index is 12.9. The molecule has 114 valence electrons. The molecule has 1 aliphatic carbocycles. The second-order valence-electron chi connectivity index (χ2n) is 6.54. The van der Waals surface area contributed by atoms with E-state index in [2.05, 4.69) is 12.2 Å². The lowest BCUT2D eigenvalue weighted by molar-refractivity contribution is -0.153. The summed E-state index contributed by atoms with van der Waals surface area (Å²) in [7, 11) is 0. The van der Waals surface area contributed by atoms with Crippen molar-refractivity contribution in [2.45, 2.75) is 77.3 Å². The normalized spacial score (nSPS) is 30.9. The molecule has 2 rings (SSSR count). The van der Waals surface area contributed by atoms with Gasteiger partial charge in [-0.1, -0.05) is 33.6 Å². The maximum absolute atomic E-state index is 12.9. The molecule has 0 spiro atoms. The van der Waals surface area contributed by atoms with Crippen molar-refractivity contribution in [1.29, 1.82) is 0 Å². The van der Waals surface area contributed by atoms with Crippen molar-refractivity contribution in [2.24, 2.45) is 5.92 Å². The SMILES string of the molecule is CCC1(CC)NC(=O)CN(C2CCCC(C)CC2)C1=O. The van der Waals surface area contributed by atoms with E-state index in [0.29, 0.717) is 12.8 Å². The van der Waals surface area contributed by atoms with Gasteiger partial charge in [0.25, 0.3) is 0 Å². The van der Waals surface area contributed by atoms with Gasteiger partial charge in [0, 0.05) is 6.04 Å². The summed E-state index contributed by atoms with van der Waals surface area (Å²) < 4.78 is 0. The van der Waals surface area contributed by atoms with Crippen molar-refractivity contribution in [3.8, 4) is 0 Å². The van der Waals surface area contributed by atoms with Gasteiger partial charge in [0.05, 0.1) is 6.54 Å². The third-order valence-electron chi connectivity index (χ3n) is 5.24. The Hall–Kier alpha value is -1.06. The summed E-state index contributed by atoms with van der Waals surface area (Å²) in [5, 5.41) is 2.94. The zero-order chi connectivity index (χ0) is 14.8. The average Bonchev–Trinajstić information content (AvgIpc) is 2.66. The highest BCUT2D eigenvalue weighted by Gasteiger charge is 2.45. The van der Waals surface area contributed by atoms with Crippen LogP contribution in [0.2, 0.25) is 0 Å². The number of piperazine rings is 1. The Bertz CT molecular complexity index is 377. The summed E-state index contributed by atoms with van der Waals surface area (Å²) in [6.45, 7) is 6.51. The lowest BCUT2D eigenvalue weighted by Crippen LogP contribution is -2.67. The largest absolute Gasteiger partial charge is 0.340 e. The van der Waals surface area contributed by atoms with E-state index < -0.39 is 5.54 Å². The molecular weight excluding hydrogens is 252 g/mol. The molecule has 2 atom stereocenters. The summed E-state index contributed by atoms with van der Waals surface area (Å²) >= 11 is 0. The van der Waals surface area contributed by atoms with Gasteiger partial charge in [0.1, 0.15) is 5.54 Å². The average molecular weight is 280 g/mol. The van der Waals surface area contributed by atoms with Crippen LogP contribution in [0.25, 0.3) is 0 Å². The lowest BCUT2D eigenvalue weighted by Gasteiger charge is -2.44. The molecule has 20 heavy (non-hydrogen) atoms. The zero-order valence-electron chi connectivity index (χ0n) is 13.1. The smallest absolute Gasteiger partial charge is 0.249 e. The molecule has 2 aliphatic rings.